The van der Waals surface area contributed by atoms with Crippen molar-refractivity contribution in [3.63, 3.8) is 0 Å². The molecule has 3 rings (SSSR count). The van der Waals surface area contributed by atoms with Gasteiger partial charge in [0.05, 0.1) is 5.56 Å². The summed E-state index contributed by atoms with van der Waals surface area (Å²) in [5, 5.41) is 8.81. The van der Waals surface area contributed by atoms with Crippen molar-refractivity contribution < 1.29 is 4.79 Å². The lowest BCUT2D eigenvalue weighted by Gasteiger charge is -2.02. The first-order valence-electron chi connectivity index (χ1n) is 4.93. The van der Waals surface area contributed by atoms with Crippen LogP contribution < -0.4 is 5.32 Å². The molecule has 0 aromatic carbocycles. The number of fused-ring (bicyclic) bond motifs is 1. The second-order valence-electron chi connectivity index (χ2n) is 3.37. The van der Waals surface area contributed by atoms with Crippen molar-refractivity contribution in [3.05, 3.63) is 42.6 Å². The highest BCUT2D eigenvalue weighted by molar-refractivity contribution is 6.07. The number of aromatic amines is 1. The van der Waals surface area contributed by atoms with E-state index in [1.54, 1.807) is 28.9 Å². The Kier molecular flexibility index (Phi) is 2.08. The molecule has 3 aromatic rings. The monoisotopic (exact) mass is 228 g/mol. The van der Waals surface area contributed by atoms with Crippen LogP contribution in [0.4, 0.5) is 5.95 Å². The predicted molar refractivity (Wildman–Crippen MR) is 59.5 cm³/mol. The summed E-state index contributed by atoms with van der Waals surface area (Å²) in [5.41, 5.74) is 1.08. The Labute approximate surface area is 95.5 Å². The summed E-state index contributed by atoms with van der Waals surface area (Å²) in [5.74, 6) is 0.0297. The topological polar surface area (TPSA) is 88.0 Å². The number of anilines is 1. The van der Waals surface area contributed by atoms with Gasteiger partial charge in [-0.15, -0.1) is 0 Å². The van der Waals surface area contributed by atoms with E-state index in [0.29, 0.717) is 17.2 Å². The number of nitrogens with zero attached hydrogens (tertiary/aromatic N) is 4. The summed E-state index contributed by atoms with van der Waals surface area (Å²) >= 11 is 0. The van der Waals surface area contributed by atoms with Crippen molar-refractivity contribution in [1.82, 2.24) is 24.6 Å². The van der Waals surface area contributed by atoms with Crippen LogP contribution in [0.25, 0.3) is 5.65 Å². The third-order valence-electron chi connectivity index (χ3n) is 2.31. The Morgan fingerprint density at radius 2 is 2.29 bits per heavy atom. The first kappa shape index (κ1) is 9.52. The Bertz CT molecular complexity index is 656. The van der Waals surface area contributed by atoms with E-state index in [1.807, 2.05) is 6.20 Å². The van der Waals surface area contributed by atoms with Crippen LogP contribution in [0, 0.1) is 0 Å². The van der Waals surface area contributed by atoms with Crippen LogP contribution in [0.5, 0.6) is 0 Å². The van der Waals surface area contributed by atoms with Gasteiger partial charge in [-0.25, -0.2) is 10.1 Å². The average Bonchev–Trinajstić information content (AvgIpc) is 2.97. The molecule has 0 fully saturated rings. The third-order valence-corrected chi connectivity index (χ3v) is 2.31. The molecule has 7 nitrogen and oxygen atoms in total. The summed E-state index contributed by atoms with van der Waals surface area (Å²) in [4.78, 5) is 19.9. The van der Waals surface area contributed by atoms with Gasteiger partial charge < -0.3 is 4.40 Å². The number of pyridine rings is 1. The molecule has 0 aliphatic carbocycles. The number of carbonyl (C=O) groups excluding carboxylic acids is 1. The minimum atomic E-state index is -0.279. The lowest BCUT2D eigenvalue weighted by Crippen LogP contribution is -2.14. The summed E-state index contributed by atoms with van der Waals surface area (Å²) < 4.78 is 1.77. The fourth-order valence-corrected chi connectivity index (χ4v) is 1.57. The number of H-pyrrole nitrogens is 1. The SMILES string of the molecule is O=C(Nc1ncn[nH]1)c1cccn2ccnc12. The molecule has 0 spiro atoms. The van der Waals surface area contributed by atoms with Crippen LogP contribution in [0.1, 0.15) is 10.4 Å². The number of aromatic nitrogens is 5. The van der Waals surface area contributed by atoms with Crippen LogP contribution in [0.2, 0.25) is 0 Å². The normalized spacial score (nSPS) is 10.6. The molecule has 0 unspecified atom stereocenters. The molecule has 1 amide bonds. The Balaban J connectivity index is 1.98. The molecular weight excluding hydrogens is 220 g/mol. The maximum absolute atomic E-state index is 12.0. The van der Waals surface area contributed by atoms with E-state index in [9.17, 15) is 4.79 Å². The van der Waals surface area contributed by atoms with Crippen molar-refractivity contribution in [3.8, 4) is 0 Å². The fraction of sp³-hybridized carbons (Fsp3) is 0. The lowest BCUT2D eigenvalue weighted by molar-refractivity contribution is 0.102. The van der Waals surface area contributed by atoms with Gasteiger partial charge in [-0.05, 0) is 12.1 Å². The fourth-order valence-electron chi connectivity index (χ4n) is 1.57. The number of rotatable bonds is 2. The van der Waals surface area contributed by atoms with Gasteiger partial charge >= 0.3 is 0 Å². The summed E-state index contributed by atoms with van der Waals surface area (Å²) in [6, 6.07) is 3.48. The molecule has 84 valence electrons. The summed E-state index contributed by atoms with van der Waals surface area (Å²) in [6.45, 7) is 0. The highest BCUT2D eigenvalue weighted by Crippen LogP contribution is 2.10. The smallest absolute Gasteiger partial charge is 0.261 e. The van der Waals surface area contributed by atoms with E-state index in [2.05, 4.69) is 25.5 Å². The van der Waals surface area contributed by atoms with E-state index < -0.39 is 0 Å². The number of hydrogen-bond acceptors (Lipinski definition) is 4. The Hall–Kier alpha value is -2.70. The standard InChI is InChI=1S/C10H8N6O/c17-9(14-10-12-6-13-15-10)7-2-1-4-16-5-3-11-8(7)16/h1-6H,(H2,12,13,14,15,17). The van der Waals surface area contributed by atoms with Crippen molar-refractivity contribution in [2.75, 3.05) is 5.32 Å². The molecule has 0 aliphatic rings. The van der Waals surface area contributed by atoms with Crippen LogP contribution in [-0.4, -0.2) is 30.5 Å². The van der Waals surface area contributed by atoms with Crippen LogP contribution in [0.3, 0.4) is 0 Å². The van der Waals surface area contributed by atoms with E-state index in [4.69, 9.17) is 0 Å². The largest absolute Gasteiger partial charge is 0.306 e. The predicted octanol–water partition coefficient (Wildman–Crippen LogP) is 0.705. The number of amides is 1. The van der Waals surface area contributed by atoms with Gasteiger partial charge in [0.15, 0.2) is 0 Å². The van der Waals surface area contributed by atoms with Crippen molar-refractivity contribution >= 4 is 17.5 Å². The molecule has 0 saturated carbocycles. The number of hydrogen-bond donors (Lipinski definition) is 2. The molecule has 3 heterocycles. The molecular formula is C10H8N6O. The second kappa shape index (κ2) is 3.71. The van der Waals surface area contributed by atoms with Crippen LogP contribution in [-0.2, 0) is 0 Å². The second-order valence-corrected chi connectivity index (χ2v) is 3.37. The van der Waals surface area contributed by atoms with Gasteiger partial charge in [-0.1, -0.05) is 0 Å². The van der Waals surface area contributed by atoms with Crippen molar-refractivity contribution in [1.29, 1.82) is 0 Å². The first-order chi connectivity index (χ1) is 8.34. The van der Waals surface area contributed by atoms with E-state index in [-0.39, 0.29) is 5.91 Å². The van der Waals surface area contributed by atoms with Gasteiger partial charge in [0, 0.05) is 18.6 Å². The molecule has 0 saturated heterocycles. The van der Waals surface area contributed by atoms with E-state index in [0.717, 1.165) is 0 Å². The average molecular weight is 228 g/mol. The van der Waals surface area contributed by atoms with Gasteiger partial charge in [0.1, 0.15) is 12.0 Å². The van der Waals surface area contributed by atoms with Crippen LogP contribution in [0.15, 0.2) is 37.1 Å². The van der Waals surface area contributed by atoms with Crippen molar-refractivity contribution in [2.45, 2.75) is 0 Å². The third kappa shape index (κ3) is 1.63. The van der Waals surface area contributed by atoms with Gasteiger partial charge in [-0.3, -0.25) is 10.1 Å². The number of nitrogens with one attached hydrogen (secondary N) is 2. The molecule has 0 atom stereocenters. The molecule has 7 heteroatoms. The highest BCUT2D eigenvalue weighted by Gasteiger charge is 2.12. The summed E-state index contributed by atoms with van der Waals surface area (Å²) in [7, 11) is 0. The number of imidazole rings is 1. The van der Waals surface area contributed by atoms with E-state index in [1.165, 1.54) is 6.33 Å². The zero-order chi connectivity index (χ0) is 11.7. The molecule has 0 aliphatic heterocycles. The zero-order valence-corrected chi connectivity index (χ0v) is 8.66. The highest BCUT2D eigenvalue weighted by atomic mass is 16.1. The first-order valence-corrected chi connectivity index (χ1v) is 4.93. The minimum Gasteiger partial charge on any atom is -0.306 e. The summed E-state index contributed by atoms with van der Waals surface area (Å²) in [6.07, 6.45) is 6.57. The zero-order valence-electron chi connectivity index (χ0n) is 8.66. The molecule has 3 aromatic heterocycles. The number of carbonyl (C=O) groups is 1. The molecule has 0 bridgehead atoms. The lowest BCUT2D eigenvalue weighted by atomic mass is 10.2. The minimum absolute atomic E-state index is 0.279. The van der Waals surface area contributed by atoms with E-state index >= 15 is 0 Å². The molecule has 2 N–H and O–H groups in total. The Morgan fingerprint density at radius 3 is 3.12 bits per heavy atom. The van der Waals surface area contributed by atoms with Gasteiger partial charge in [0.2, 0.25) is 5.95 Å². The van der Waals surface area contributed by atoms with Gasteiger partial charge in [-0.2, -0.15) is 10.1 Å². The molecule has 0 radical (unpaired) electrons. The van der Waals surface area contributed by atoms with Gasteiger partial charge in [0.25, 0.3) is 5.91 Å². The Morgan fingerprint density at radius 1 is 1.35 bits per heavy atom. The molecule has 17 heavy (non-hydrogen) atoms. The maximum atomic E-state index is 12.0. The van der Waals surface area contributed by atoms with Crippen LogP contribution >= 0.6 is 0 Å². The van der Waals surface area contributed by atoms with Crippen molar-refractivity contribution in [2.24, 2.45) is 0 Å². The maximum Gasteiger partial charge on any atom is 0.261 e. The quantitative estimate of drug-likeness (QED) is 0.676.